The van der Waals surface area contributed by atoms with Crippen LogP contribution in [0.25, 0.3) is 0 Å². The van der Waals surface area contributed by atoms with E-state index in [2.05, 4.69) is 135 Å². The molecule has 0 saturated carbocycles. The maximum atomic E-state index is 13.9. The van der Waals surface area contributed by atoms with Gasteiger partial charge >= 0.3 is 0 Å². The van der Waals surface area contributed by atoms with Gasteiger partial charge in [-0.25, -0.2) is 0 Å². The third-order valence-electron chi connectivity index (χ3n) is 17.3. The van der Waals surface area contributed by atoms with Crippen molar-refractivity contribution in [3.05, 3.63) is 150 Å². The summed E-state index contributed by atoms with van der Waals surface area (Å²) in [6, 6.07) is 32.0. The van der Waals surface area contributed by atoms with Crippen molar-refractivity contribution in [2.45, 2.75) is 109 Å². The number of nitrogens with zero attached hydrogens (tertiary/aromatic N) is 6. The van der Waals surface area contributed by atoms with E-state index < -0.39 is 10.1 Å². The predicted octanol–water partition coefficient (Wildman–Crippen LogP) is 10.6. The van der Waals surface area contributed by atoms with Crippen molar-refractivity contribution in [1.82, 2.24) is 20.0 Å². The van der Waals surface area contributed by atoms with Crippen molar-refractivity contribution < 1.29 is 31.9 Å². The van der Waals surface area contributed by atoms with Crippen LogP contribution in [0.15, 0.2) is 133 Å². The van der Waals surface area contributed by atoms with E-state index in [1.54, 1.807) is 11.0 Å². The lowest BCUT2D eigenvalue weighted by Crippen LogP contribution is -2.48. The van der Waals surface area contributed by atoms with Gasteiger partial charge in [-0.1, -0.05) is 106 Å². The Hall–Kier alpha value is -6.23. The van der Waals surface area contributed by atoms with Crippen LogP contribution in [0.3, 0.4) is 0 Å². The second-order valence-corrected chi connectivity index (χ2v) is 25.1. The molecule has 0 aromatic heterocycles. The third kappa shape index (κ3) is 14.3. The molecule has 3 N–H and O–H groups in total. The van der Waals surface area contributed by atoms with E-state index in [1.165, 1.54) is 41.8 Å². The topological polar surface area (TPSA) is 149 Å². The lowest BCUT2D eigenvalue weighted by atomic mass is 9.81. The van der Waals surface area contributed by atoms with Crippen LogP contribution < -0.4 is 20.4 Å². The lowest BCUT2D eigenvalue weighted by molar-refractivity contribution is -0.438. The van der Waals surface area contributed by atoms with Gasteiger partial charge < -0.3 is 20.4 Å². The van der Waals surface area contributed by atoms with Gasteiger partial charge in [0.05, 0.1) is 40.3 Å². The molecule has 0 unspecified atom stereocenters. The Labute approximate surface area is 476 Å². The number of hydrogen-bond acceptors (Lipinski definition) is 9. The molecule has 80 heavy (non-hydrogen) atoms. The van der Waals surface area contributed by atoms with Crippen molar-refractivity contribution in [2.24, 2.45) is 5.92 Å². The highest BCUT2D eigenvalue weighted by atomic mass is 32.2. The van der Waals surface area contributed by atoms with Gasteiger partial charge in [-0.05, 0) is 126 Å². The third-order valence-corrected chi connectivity index (χ3v) is 18.1. The molecule has 0 bridgehead atoms. The summed E-state index contributed by atoms with van der Waals surface area (Å²) in [5, 5.41) is 6.19. The number of carbonyl (C=O) groups is 3. The number of nitrogens with one attached hydrogen (secondary N) is 2. The Kier molecular flexibility index (Phi) is 19.4. The molecule has 0 aliphatic carbocycles. The number of para-hydroxylation sites is 5. The first-order valence-electron chi connectivity index (χ1n) is 29.5. The molecule has 0 radical (unpaired) electrons. The SMILES string of the molecule is CC1(C)C(/C=C/C=C/C=C2\N(CCCCS(=O)(=O)O)c3ccccc3C2(C)C)=[N+](CCCCCC(=O)NCCN2CCN(CCCCC3CCN(CC(=O)N4c5ccccc5NC(=O)c5ccccc54)CC3)CC2)c2ccccc21. The van der Waals surface area contributed by atoms with Crippen LogP contribution in [0.5, 0.6) is 0 Å². The minimum atomic E-state index is -3.99. The van der Waals surface area contributed by atoms with E-state index in [9.17, 15) is 27.4 Å². The lowest BCUT2D eigenvalue weighted by Gasteiger charge is -2.35. The second kappa shape index (κ2) is 26.6. The fraction of sp³-hybridized carbons (Fsp3) is 0.477. The van der Waals surface area contributed by atoms with Gasteiger partial charge in [0.1, 0.15) is 6.54 Å². The van der Waals surface area contributed by atoms with Crippen LogP contribution in [-0.4, -0.2) is 140 Å². The standard InChI is InChI=1S/C65H84N8O6S/c1-64(2)52-25-11-15-29-56(52)71(59(64)32-7-5-8-33-60-65(3,4)53-26-12-16-30-57(53)72(60)40-21-22-48-80(77,78)79)39-19-6-9-34-61(74)66-37-43-69-46-44-68(45-47-69)38-20-18-23-50-35-41-70(42-36-50)49-62(75)73-55-28-14-10-24-51(55)63(76)67-54-27-13-17-31-58(54)73/h5,7-8,10-17,24-33,50H,6,9,18-23,34-49H2,1-4H3,(H2-,66,67,74,76,77,78,79)/p+1. The number of hydrogen-bond donors (Lipinski definition) is 3. The Balaban J connectivity index is 0.650. The minimum absolute atomic E-state index is 0.0175. The van der Waals surface area contributed by atoms with Crippen LogP contribution in [0.2, 0.25) is 0 Å². The highest BCUT2D eigenvalue weighted by Crippen LogP contribution is 2.48. The highest BCUT2D eigenvalue weighted by Gasteiger charge is 2.44. The highest BCUT2D eigenvalue weighted by molar-refractivity contribution is 7.85. The summed E-state index contributed by atoms with van der Waals surface area (Å²) >= 11 is 0. The Morgan fingerprint density at radius 1 is 0.688 bits per heavy atom. The monoisotopic (exact) mass is 1110 g/mol. The zero-order chi connectivity index (χ0) is 56.3. The number of carbonyl (C=O) groups excluding carboxylic acids is 3. The average molecular weight is 1110 g/mol. The van der Waals surface area contributed by atoms with Crippen molar-refractivity contribution in [2.75, 3.05) is 99.4 Å². The quantitative estimate of drug-likeness (QED) is 0.0268. The molecule has 4 aromatic rings. The zero-order valence-electron chi connectivity index (χ0n) is 47.8. The van der Waals surface area contributed by atoms with Gasteiger partial charge in [0, 0.05) is 93.2 Å². The van der Waals surface area contributed by atoms with Crippen LogP contribution in [0.4, 0.5) is 28.4 Å². The van der Waals surface area contributed by atoms with Crippen molar-refractivity contribution in [3.63, 3.8) is 0 Å². The molecule has 2 fully saturated rings. The summed E-state index contributed by atoms with van der Waals surface area (Å²) in [7, 11) is -3.99. The molecule has 3 amide bonds. The largest absolute Gasteiger partial charge is 0.355 e. The number of benzene rings is 4. The second-order valence-electron chi connectivity index (χ2n) is 23.5. The van der Waals surface area contributed by atoms with Gasteiger partial charge in [-0.15, -0.1) is 0 Å². The number of anilines is 4. The van der Waals surface area contributed by atoms with Gasteiger partial charge in [-0.3, -0.25) is 33.6 Å². The van der Waals surface area contributed by atoms with Gasteiger partial charge in [0.15, 0.2) is 5.71 Å². The molecular formula is C65H85N8O6S+. The maximum Gasteiger partial charge on any atom is 0.264 e. The fourth-order valence-electron chi connectivity index (χ4n) is 12.8. The molecule has 14 nitrogen and oxygen atoms in total. The summed E-state index contributed by atoms with van der Waals surface area (Å²) in [4.78, 5) is 51.3. The Bertz CT molecular complexity index is 3070. The Morgan fingerprint density at radius 3 is 2.11 bits per heavy atom. The van der Waals surface area contributed by atoms with Crippen molar-refractivity contribution in [1.29, 1.82) is 0 Å². The summed E-state index contributed by atoms with van der Waals surface area (Å²) in [5.41, 5.74) is 9.43. The van der Waals surface area contributed by atoms with E-state index in [-0.39, 0.29) is 34.3 Å². The first-order chi connectivity index (χ1) is 38.6. The van der Waals surface area contributed by atoms with Gasteiger partial charge in [-0.2, -0.15) is 13.0 Å². The number of fused-ring (bicyclic) bond motifs is 4. The first-order valence-corrected chi connectivity index (χ1v) is 31.1. The molecule has 15 heteroatoms. The van der Waals surface area contributed by atoms with Crippen molar-refractivity contribution >= 4 is 62.0 Å². The summed E-state index contributed by atoms with van der Waals surface area (Å²) in [5.74, 6) is 0.377. The minimum Gasteiger partial charge on any atom is -0.355 e. The predicted molar refractivity (Wildman–Crippen MR) is 323 cm³/mol. The van der Waals surface area contributed by atoms with Crippen LogP contribution >= 0.6 is 0 Å². The van der Waals surface area contributed by atoms with Crippen LogP contribution in [0, 0.1) is 5.92 Å². The van der Waals surface area contributed by atoms with Crippen LogP contribution in [0.1, 0.15) is 120 Å². The van der Waals surface area contributed by atoms with E-state index >= 15 is 0 Å². The zero-order valence-corrected chi connectivity index (χ0v) is 48.6. The first kappa shape index (κ1) is 58.4. The fourth-order valence-corrected chi connectivity index (χ4v) is 13.3. The Morgan fingerprint density at radius 2 is 1.35 bits per heavy atom. The normalized spacial score (nSPS) is 19.1. The van der Waals surface area contributed by atoms with Crippen molar-refractivity contribution in [3.8, 4) is 0 Å². The molecule has 5 heterocycles. The molecule has 5 aliphatic heterocycles. The van der Waals surface area contributed by atoms with E-state index in [4.69, 9.17) is 0 Å². The molecule has 426 valence electrons. The number of allylic oxidation sites excluding steroid dienone is 6. The molecule has 0 atom stereocenters. The van der Waals surface area contributed by atoms with E-state index in [1.807, 2.05) is 48.5 Å². The van der Waals surface area contributed by atoms with Crippen LogP contribution in [-0.2, 0) is 30.5 Å². The molecule has 9 rings (SSSR count). The van der Waals surface area contributed by atoms with E-state index in [0.29, 0.717) is 67.4 Å². The molecular weight excluding hydrogens is 1020 g/mol. The summed E-state index contributed by atoms with van der Waals surface area (Å²) in [6.45, 7) is 19.6. The number of likely N-dealkylation sites (tertiary alicyclic amines) is 1. The smallest absolute Gasteiger partial charge is 0.264 e. The number of rotatable bonds is 24. The summed E-state index contributed by atoms with van der Waals surface area (Å²) in [6.07, 6.45) is 21.0. The average Bonchev–Trinajstić information content (AvgIpc) is 3.74. The molecule has 5 aliphatic rings. The number of amides is 3. The number of piperidine rings is 1. The number of unbranched alkanes of at least 4 members (excludes halogenated alkanes) is 4. The van der Waals surface area contributed by atoms with Gasteiger partial charge in [0.25, 0.3) is 16.0 Å². The van der Waals surface area contributed by atoms with E-state index in [0.717, 1.165) is 102 Å². The maximum absolute atomic E-state index is 13.9. The molecule has 2 saturated heterocycles. The summed E-state index contributed by atoms with van der Waals surface area (Å²) < 4.78 is 34.5. The van der Waals surface area contributed by atoms with Gasteiger partial charge in [0.2, 0.25) is 17.5 Å². The number of piperazine rings is 1. The molecule has 0 spiro atoms. The molecule has 4 aromatic carbocycles.